The fourth-order valence-electron chi connectivity index (χ4n) is 0.872. The number of aliphatic hydroxyl groups is 1. The molecule has 0 aromatic heterocycles. The Morgan fingerprint density at radius 3 is 2.40 bits per heavy atom. The number of carbonyl (C=O) groups excluding carboxylic acids is 1. The van der Waals surface area contributed by atoms with Crippen molar-refractivity contribution in [1.29, 1.82) is 0 Å². The summed E-state index contributed by atoms with van der Waals surface area (Å²) in [6, 6.07) is 0. The normalized spacial score (nSPS) is 16.3. The van der Waals surface area contributed by atoms with Crippen molar-refractivity contribution in [2.45, 2.75) is 26.7 Å². The van der Waals surface area contributed by atoms with Crippen molar-refractivity contribution >= 4 is 6.29 Å². The molecular formula is C8H16O2. The Bertz CT molecular complexity index is 91.3. The molecule has 0 radical (unpaired) electrons. The summed E-state index contributed by atoms with van der Waals surface area (Å²) in [6.07, 6.45) is 2.36. The highest BCUT2D eigenvalue weighted by Crippen LogP contribution is 2.16. The Hall–Kier alpha value is -0.370. The van der Waals surface area contributed by atoms with Gasteiger partial charge in [0.2, 0.25) is 0 Å². The van der Waals surface area contributed by atoms with Crippen LogP contribution in [-0.4, -0.2) is 18.0 Å². The molecule has 0 rings (SSSR count). The van der Waals surface area contributed by atoms with Crippen molar-refractivity contribution in [3.8, 4) is 0 Å². The lowest BCUT2D eigenvalue weighted by Gasteiger charge is -2.15. The van der Waals surface area contributed by atoms with Crippen LogP contribution >= 0.6 is 0 Å². The monoisotopic (exact) mass is 144 g/mol. The summed E-state index contributed by atoms with van der Waals surface area (Å²) in [5.74, 6) is 0.861. The van der Waals surface area contributed by atoms with Gasteiger partial charge in [-0.25, -0.2) is 0 Å². The van der Waals surface area contributed by atoms with Gasteiger partial charge in [0.15, 0.2) is 0 Å². The molecule has 60 valence electrons. The molecule has 0 aromatic rings. The third kappa shape index (κ3) is 3.62. The van der Waals surface area contributed by atoms with E-state index in [9.17, 15) is 4.79 Å². The first-order chi connectivity index (χ1) is 4.72. The van der Waals surface area contributed by atoms with Crippen LogP contribution in [0.4, 0.5) is 0 Å². The van der Waals surface area contributed by atoms with Gasteiger partial charge in [-0.05, 0) is 18.3 Å². The molecule has 0 heterocycles. The minimum absolute atomic E-state index is 0.227. The molecule has 2 heteroatoms. The molecule has 2 unspecified atom stereocenters. The van der Waals surface area contributed by atoms with E-state index in [-0.39, 0.29) is 6.61 Å². The summed E-state index contributed by atoms with van der Waals surface area (Å²) in [6.45, 7) is 4.32. The van der Waals surface area contributed by atoms with Crippen LogP contribution in [-0.2, 0) is 4.79 Å². The van der Waals surface area contributed by atoms with E-state index in [2.05, 4.69) is 6.92 Å². The number of aliphatic hydroxyl groups excluding tert-OH is 1. The van der Waals surface area contributed by atoms with Crippen LogP contribution in [0.3, 0.4) is 0 Å². The second-order valence-corrected chi connectivity index (χ2v) is 2.87. The van der Waals surface area contributed by atoms with E-state index in [0.29, 0.717) is 18.3 Å². The van der Waals surface area contributed by atoms with Crippen LogP contribution < -0.4 is 0 Å². The molecule has 0 aliphatic heterocycles. The molecule has 2 atom stereocenters. The van der Waals surface area contributed by atoms with E-state index < -0.39 is 0 Å². The molecule has 0 fully saturated rings. The average Bonchev–Trinajstić information content (AvgIpc) is 1.89. The Kier molecular flexibility index (Phi) is 5.22. The molecule has 0 aliphatic carbocycles. The quantitative estimate of drug-likeness (QED) is 0.589. The summed E-state index contributed by atoms with van der Waals surface area (Å²) >= 11 is 0. The summed E-state index contributed by atoms with van der Waals surface area (Å²) < 4.78 is 0. The van der Waals surface area contributed by atoms with Crippen LogP contribution in [0.15, 0.2) is 0 Å². The maximum Gasteiger partial charge on any atom is 0.120 e. The highest BCUT2D eigenvalue weighted by atomic mass is 16.3. The fourth-order valence-corrected chi connectivity index (χ4v) is 0.872. The third-order valence-corrected chi connectivity index (χ3v) is 2.02. The van der Waals surface area contributed by atoms with E-state index >= 15 is 0 Å². The molecule has 0 saturated carbocycles. The van der Waals surface area contributed by atoms with Crippen LogP contribution in [0, 0.1) is 11.8 Å². The second kappa shape index (κ2) is 5.42. The van der Waals surface area contributed by atoms with Gasteiger partial charge >= 0.3 is 0 Å². The molecule has 0 amide bonds. The Balaban J connectivity index is 3.47. The summed E-state index contributed by atoms with van der Waals surface area (Å²) in [5, 5.41) is 8.57. The van der Waals surface area contributed by atoms with Gasteiger partial charge in [-0.3, -0.25) is 0 Å². The maximum atomic E-state index is 10.1. The van der Waals surface area contributed by atoms with Crippen molar-refractivity contribution in [3.63, 3.8) is 0 Å². The summed E-state index contributed by atoms with van der Waals surface area (Å²) in [5.41, 5.74) is 0. The SMILES string of the molecule is CC(CC=O)C(C)CCO. The molecule has 0 saturated heterocycles. The predicted molar refractivity (Wildman–Crippen MR) is 40.7 cm³/mol. The third-order valence-electron chi connectivity index (χ3n) is 2.02. The minimum atomic E-state index is 0.227. The van der Waals surface area contributed by atoms with E-state index in [1.54, 1.807) is 0 Å². The minimum Gasteiger partial charge on any atom is -0.396 e. The van der Waals surface area contributed by atoms with Gasteiger partial charge in [-0.1, -0.05) is 13.8 Å². The molecule has 0 spiro atoms. The number of aldehydes is 1. The molecule has 10 heavy (non-hydrogen) atoms. The van der Waals surface area contributed by atoms with Gasteiger partial charge in [-0.2, -0.15) is 0 Å². The Morgan fingerprint density at radius 2 is 2.00 bits per heavy atom. The first-order valence-corrected chi connectivity index (χ1v) is 3.76. The van der Waals surface area contributed by atoms with Gasteiger partial charge in [0.1, 0.15) is 6.29 Å². The zero-order valence-electron chi connectivity index (χ0n) is 6.71. The van der Waals surface area contributed by atoms with Crippen molar-refractivity contribution in [2.24, 2.45) is 11.8 Å². The zero-order chi connectivity index (χ0) is 7.98. The lowest BCUT2D eigenvalue weighted by Crippen LogP contribution is -2.09. The van der Waals surface area contributed by atoms with Gasteiger partial charge in [0.05, 0.1) is 0 Å². The highest BCUT2D eigenvalue weighted by molar-refractivity contribution is 5.49. The lowest BCUT2D eigenvalue weighted by atomic mass is 9.91. The van der Waals surface area contributed by atoms with Crippen LogP contribution in [0.5, 0.6) is 0 Å². The molecule has 0 bridgehead atoms. The first-order valence-electron chi connectivity index (χ1n) is 3.76. The molecule has 2 nitrogen and oxygen atoms in total. The van der Waals surface area contributed by atoms with Crippen molar-refractivity contribution in [1.82, 2.24) is 0 Å². The molecule has 0 aromatic carbocycles. The highest BCUT2D eigenvalue weighted by Gasteiger charge is 2.09. The van der Waals surface area contributed by atoms with Crippen molar-refractivity contribution in [3.05, 3.63) is 0 Å². The lowest BCUT2D eigenvalue weighted by molar-refractivity contribution is -0.108. The smallest absolute Gasteiger partial charge is 0.120 e. The standard InChI is InChI=1S/C8H16O2/c1-7(3-5-9)8(2)4-6-10/h5,7-8,10H,3-4,6H2,1-2H3. The summed E-state index contributed by atoms with van der Waals surface area (Å²) in [4.78, 5) is 10.1. The molecule has 0 aliphatic rings. The van der Waals surface area contributed by atoms with Crippen LogP contribution in [0.25, 0.3) is 0 Å². The Labute approximate surface area is 62.2 Å². The molecular weight excluding hydrogens is 128 g/mol. The summed E-state index contributed by atoms with van der Waals surface area (Å²) in [7, 11) is 0. The largest absolute Gasteiger partial charge is 0.396 e. The fraction of sp³-hybridized carbons (Fsp3) is 0.875. The van der Waals surface area contributed by atoms with Crippen molar-refractivity contribution < 1.29 is 9.90 Å². The average molecular weight is 144 g/mol. The van der Waals surface area contributed by atoms with Gasteiger partial charge in [0.25, 0.3) is 0 Å². The van der Waals surface area contributed by atoms with Gasteiger partial charge < -0.3 is 9.90 Å². The van der Waals surface area contributed by atoms with E-state index in [0.717, 1.165) is 12.7 Å². The van der Waals surface area contributed by atoms with E-state index in [4.69, 9.17) is 5.11 Å². The first kappa shape index (κ1) is 9.63. The van der Waals surface area contributed by atoms with Gasteiger partial charge in [0, 0.05) is 13.0 Å². The number of hydrogen-bond acceptors (Lipinski definition) is 2. The second-order valence-electron chi connectivity index (χ2n) is 2.87. The number of rotatable bonds is 5. The zero-order valence-corrected chi connectivity index (χ0v) is 6.71. The van der Waals surface area contributed by atoms with Crippen LogP contribution in [0.2, 0.25) is 0 Å². The maximum absolute atomic E-state index is 10.1. The van der Waals surface area contributed by atoms with Crippen LogP contribution in [0.1, 0.15) is 26.7 Å². The molecule has 1 N–H and O–H groups in total. The predicted octanol–water partition coefficient (Wildman–Crippen LogP) is 1.23. The number of carbonyl (C=O) groups is 1. The van der Waals surface area contributed by atoms with E-state index in [1.165, 1.54) is 0 Å². The number of hydrogen-bond donors (Lipinski definition) is 1. The van der Waals surface area contributed by atoms with E-state index in [1.807, 2.05) is 6.92 Å². The van der Waals surface area contributed by atoms with Gasteiger partial charge in [-0.15, -0.1) is 0 Å². The van der Waals surface area contributed by atoms with Crippen molar-refractivity contribution in [2.75, 3.05) is 6.61 Å². The Morgan fingerprint density at radius 1 is 1.40 bits per heavy atom. The topological polar surface area (TPSA) is 37.3 Å².